The Kier molecular flexibility index (Phi) is 4.97. The molecule has 19 heavy (non-hydrogen) atoms. The Hall–Kier alpha value is -1.35. The lowest BCUT2D eigenvalue weighted by molar-refractivity contribution is 0.759. The molecular weight excluding hydrogens is 234 g/mol. The summed E-state index contributed by atoms with van der Waals surface area (Å²) in [6.07, 6.45) is 5.68. The van der Waals surface area contributed by atoms with E-state index < -0.39 is 0 Å². The van der Waals surface area contributed by atoms with Crippen LogP contribution >= 0.6 is 0 Å². The molecule has 0 aliphatic carbocycles. The molecule has 1 N–H and O–H groups in total. The van der Waals surface area contributed by atoms with Crippen LogP contribution in [-0.4, -0.2) is 25.1 Å². The summed E-state index contributed by atoms with van der Waals surface area (Å²) in [5.41, 5.74) is 4.00. The van der Waals surface area contributed by atoms with Crippen LogP contribution in [0.1, 0.15) is 37.9 Å². The monoisotopic (exact) mass is 259 g/mol. The summed E-state index contributed by atoms with van der Waals surface area (Å²) in [6, 6.07) is 4.46. The fourth-order valence-corrected chi connectivity index (χ4v) is 2.59. The lowest BCUT2D eigenvalue weighted by Crippen LogP contribution is -2.30. The topological polar surface area (TPSA) is 28.2 Å². The molecule has 1 aromatic rings. The van der Waals surface area contributed by atoms with Gasteiger partial charge in [-0.05, 0) is 44.5 Å². The number of hydrogen-bond acceptors (Lipinski definition) is 3. The van der Waals surface area contributed by atoms with Gasteiger partial charge in [0.1, 0.15) is 5.82 Å². The Morgan fingerprint density at radius 3 is 2.89 bits per heavy atom. The number of nitrogens with one attached hydrogen (secondary N) is 1. The highest BCUT2D eigenvalue weighted by Gasteiger charge is 2.13. The maximum absolute atomic E-state index is 4.83. The van der Waals surface area contributed by atoms with Crippen molar-refractivity contribution >= 4 is 5.82 Å². The predicted molar refractivity (Wildman–Crippen MR) is 81.6 cm³/mol. The number of aromatic nitrogens is 1. The summed E-state index contributed by atoms with van der Waals surface area (Å²) in [7, 11) is 1.99. The summed E-state index contributed by atoms with van der Waals surface area (Å²) in [6.45, 7) is 7.42. The van der Waals surface area contributed by atoms with Crippen LogP contribution in [0.15, 0.2) is 23.8 Å². The number of aryl methyl sites for hydroxylation is 1. The van der Waals surface area contributed by atoms with Crippen LogP contribution in [0.4, 0.5) is 5.82 Å². The SMILES string of the molecule is CCCc1cc(CNC)cc(N2CCC=C(C)C2)n1. The van der Waals surface area contributed by atoms with E-state index in [1.807, 2.05) is 7.05 Å². The molecule has 3 nitrogen and oxygen atoms in total. The zero-order valence-electron chi connectivity index (χ0n) is 12.4. The molecule has 1 aliphatic rings. The van der Waals surface area contributed by atoms with E-state index in [2.05, 4.69) is 42.3 Å². The third-order valence-electron chi connectivity index (χ3n) is 3.47. The molecule has 2 rings (SSSR count). The van der Waals surface area contributed by atoms with Crippen LogP contribution < -0.4 is 10.2 Å². The third-order valence-corrected chi connectivity index (χ3v) is 3.47. The van der Waals surface area contributed by atoms with Gasteiger partial charge in [-0.2, -0.15) is 0 Å². The summed E-state index contributed by atoms with van der Waals surface area (Å²) in [4.78, 5) is 7.23. The molecule has 0 saturated heterocycles. The summed E-state index contributed by atoms with van der Waals surface area (Å²) in [5.74, 6) is 1.14. The van der Waals surface area contributed by atoms with Gasteiger partial charge in [-0.1, -0.05) is 25.0 Å². The standard InChI is InChI=1S/C16H25N3/c1-4-6-15-9-14(11-17-3)10-16(18-15)19-8-5-7-13(2)12-19/h7,9-10,17H,4-6,8,11-12H2,1-3H3. The second-order valence-corrected chi connectivity index (χ2v) is 5.37. The molecule has 0 aromatic carbocycles. The summed E-state index contributed by atoms with van der Waals surface area (Å²) < 4.78 is 0. The van der Waals surface area contributed by atoms with Gasteiger partial charge in [0.2, 0.25) is 0 Å². The van der Waals surface area contributed by atoms with Crippen molar-refractivity contribution in [1.82, 2.24) is 10.3 Å². The third kappa shape index (κ3) is 3.80. The number of hydrogen-bond donors (Lipinski definition) is 1. The molecule has 0 fully saturated rings. The Balaban J connectivity index is 2.25. The normalized spacial score (nSPS) is 15.5. The fraction of sp³-hybridized carbons (Fsp3) is 0.562. The van der Waals surface area contributed by atoms with Gasteiger partial charge in [0, 0.05) is 25.3 Å². The highest BCUT2D eigenvalue weighted by Crippen LogP contribution is 2.20. The highest BCUT2D eigenvalue weighted by atomic mass is 15.2. The highest BCUT2D eigenvalue weighted by molar-refractivity contribution is 5.45. The average Bonchev–Trinajstić information content (AvgIpc) is 2.39. The van der Waals surface area contributed by atoms with Crippen molar-refractivity contribution in [2.75, 3.05) is 25.0 Å². The van der Waals surface area contributed by atoms with Crippen molar-refractivity contribution in [3.63, 3.8) is 0 Å². The van der Waals surface area contributed by atoms with Gasteiger partial charge in [-0.15, -0.1) is 0 Å². The van der Waals surface area contributed by atoms with E-state index in [1.165, 1.54) is 16.8 Å². The number of pyridine rings is 1. The first-order valence-corrected chi connectivity index (χ1v) is 7.28. The van der Waals surface area contributed by atoms with Gasteiger partial charge in [0.05, 0.1) is 0 Å². The van der Waals surface area contributed by atoms with Crippen LogP contribution in [0.5, 0.6) is 0 Å². The van der Waals surface area contributed by atoms with Crippen LogP contribution in [0.2, 0.25) is 0 Å². The molecule has 0 spiro atoms. The van der Waals surface area contributed by atoms with Gasteiger partial charge in [-0.3, -0.25) is 0 Å². The molecule has 0 radical (unpaired) electrons. The van der Waals surface area contributed by atoms with Crippen molar-refractivity contribution in [3.05, 3.63) is 35.0 Å². The molecule has 0 saturated carbocycles. The first-order valence-electron chi connectivity index (χ1n) is 7.28. The minimum absolute atomic E-state index is 0.912. The summed E-state index contributed by atoms with van der Waals surface area (Å²) in [5, 5.41) is 3.23. The maximum Gasteiger partial charge on any atom is 0.129 e. The lowest BCUT2D eigenvalue weighted by Gasteiger charge is -2.28. The Morgan fingerprint density at radius 1 is 1.37 bits per heavy atom. The Labute approximate surface area is 116 Å². The zero-order chi connectivity index (χ0) is 13.7. The molecule has 0 bridgehead atoms. The van der Waals surface area contributed by atoms with Crippen molar-refractivity contribution in [2.24, 2.45) is 0 Å². The van der Waals surface area contributed by atoms with E-state index in [0.717, 1.165) is 44.7 Å². The molecule has 0 amide bonds. The lowest BCUT2D eigenvalue weighted by atomic mass is 10.1. The van der Waals surface area contributed by atoms with E-state index in [9.17, 15) is 0 Å². The quantitative estimate of drug-likeness (QED) is 0.824. The Morgan fingerprint density at radius 2 is 2.21 bits per heavy atom. The number of anilines is 1. The van der Waals surface area contributed by atoms with Crippen LogP contribution in [0, 0.1) is 0 Å². The minimum Gasteiger partial charge on any atom is -0.352 e. The van der Waals surface area contributed by atoms with Crippen LogP contribution in [-0.2, 0) is 13.0 Å². The summed E-state index contributed by atoms with van der Waals surface area (Å²) >= 11 is 0. The molecule has 2 heterocycles. The van der Waals surface area contributed by atoms with Gasteiger partial charge in [0.15, 0.2) is 0 Å². The van der Waals surface area contributed by atoms with E-state index in [1.54, 1.807) is 0 Å². The molecule has 0 atom stereocenters. The second-order valence-electron chi connectivity index (χ2n) is 5.37. The molecular formula is C16H25N3. The minimum atomic E-state index is 0.912. The van der Waals surface area contributed by atoms with Crippen molar-refractivity contribution in [3.8, 4) is 0 Å². The van der Waals surface area contributed by atoms with E-state index >= 15 is 0 Å². The van der Waals surface area contributed by atoms with Crippen molar-refractivity contribution in [2.45, 2.75) is 39.7 Å². The molecule has 3 heteroatoms. The largest absolute Gasteiger partial charge is 0.352 e. The molecule has 1 aliphatic heterocycles. The molecule has 1 aromatic heterocycles. The molecule has 104 valence electrons. The smallest absolute Gasteiger partial charge is 0.129 e. The van der Waals surface area contributed by atoms with Crippen molar-refractivity contribution in [1.29, 1.82) is 0 Å². The van der Waals surface area contributed by atoms with Gasteiger partial charge in [-0.25, -0.2) is 4.98 Å². The fourth-order valence-electron chi connectivity index (χ4n) is 2.59. The second kappa shape index (κ2) is 6.71. The van der Waals surface area contributed by atoms with Crippen molar-refractivity contribution < 1.29 is 0 Å². The van der Waals surface area contributed by atoms with E-state index in [4.69, 9.17) is 4.98 Å². The van der Waals surface area contributed by atoms with Gasteiger partial charge >= 0.3 is 0 Å². The average molecular weight is 259 g/mol. The van der Waals surface area contributed by atoms with Crippen LogP contribution in [0.25, 0.3) is 0 Å². The molecule has 0 unspecified atom stereocenters. The van der Waals surface area contributed by atoms with Gasteiger partial charge in [0.25, 0.3) is 0 Å². The maximum atomic E-state index is 4.83. The van der Waals surface area contributed by atoms with E-state index in [-0.39, 0.29) is 0 Å². The van der Waals surface area contributed by atoms with Crippen LogP contribution in [0.3, 0.4) is 0 Å². The zero-order valence-corrected chi connectivity index (χ0v) is 12.4. The first-order chi connectivity index (χ1) is 9.22. The van der Waals surface area contributed by atoms with E-state index in [0.29, 0.717) is 0 Å². The first kappa shape index (κ1) is 14.1. The van der Waals surface area contributed by atoms with Gasteiger partial charge < -0.3 is 10.2 Å². The Bertz CT molecular complexity index is 427. The number of nitrogens with zero attached hydrogens (tertiary/aromatic N) is 2. The predicted octanol–water partition coefficient (Wildman–Crippen LogP) is 2.91. The number of rotatable bonds is 5.